The van der Waals surface area contributed by atoms with Gasteiger partial charge >= 0.3 is 0 Å². The Labute approximate surface area is 239 Å². The van der Waals surface area contributed by atoms with Gasteiger partial charge in [-0.2, -0.15) is 0 Å². The van der Waals surface area contributed by atoms with Gasteiger partial charge in [-0.1, -0.05) is 86.8 Å². The van der Waals surface area contributed by atoms with E-state index in [1.54, 1.807) is 0 Å². The number of fused-ring (bicyclic) bond motifs is 5. The molecule has 0 heterocycles. The summed E-state index contributed by atoms with van der Waals surface area (Å²) in [6.45, 7) is 25.5. The molecule has 2 unspecified atom stereocenters. The fourth-order valence-electron chi connectivity index (χ4n) is 10.2. The van der Waals surface area contributed by atoms with Crippen molar-refractivity contribution in [2.75, 3.05) is 6.61 Å². The molecular formula is C36H66OSi. The Balaban J connectivity index is 1.34. The van der Waals surface area contributed by atoms with Crippen LogP contribution in [0.25, 0.3) is 0 Å². The van der Waals surface area contributed by atoms with Crippen molar-refractivity contribution in [3.05, 3.63) is 12.2 Å². The highest BCUT2D eigenvalue weighted by atomic mass is 28.4. The molecule has 38 heavy (non-hydrogen) atoms. The third-order valence-electron chi connectivity index (χ3n) is 13.7. The van der Waals surface area contributed by atoms with Crippen molar-refractivity contribution in [2.45, 2.75) is 151 Å². The highest BCUT2D eigenvalue weighted by molar-refractivity contribution is 6.74. The predicted molar refractivity (Wildman–Crippen MR) is 169 cm³/mol. The Hall–Kier alpha value is -0.0831. The average molecular weight is 543 g/mol. The summed E-state index contributed by atoms with van der Waals surface area (Å²) in [5.41, 5.74) is 1.24. The summed E-state index contributed by atoms with van der Waals surface area (Å²) in [7, 11) is -1.64. The van der Waals surface area contributed by atoms with Gasteiger partial charge in [0.15, 0.2) is 8.32 Å². The van der Waals surface area contributed by atoms with Gasteiger partial charge in [0.05, 0.1) is 6.61 Å². The first kappa shape index (κ1) is 30.9. The van der Waals surface area contributed by atoms with Gasteiger partial charge in [0.25, 0.3) is 0 Å². The molecule has 220 valence electrons. The summed E-state index contributed by atoms with van der Waals surface area (Å²) in [5, 5.41) is 0.299. The molecule has 4 saturated carbocycles. The minimum absolute atomic E-state index is 0.299. The highest BCUT2D eigenvalue weighted by Gasteiger charge is 2.60. The quantitative estimate of drug-likeness (QED) is 0.208. The largest absolute Gasteiger partial charge is 0.413 e. The second-order valence-electron chi connectivity index (χ2n) is 17.2. The van der Waals surface area contributed by atoms with Crippen molar-refractivity contribution in [1.82, 2.24) is 0 Å². The lowest BCUT2D eigenvalue weighted by atomic mass is 9.44. The molecule has 1 nitrogen and oxygen atoms in total. The standard InChI is InChI=1S/C36H66OSi/c1-26(2)13-11-14-27(3)31-18-19-32-30-17-16-29-25-28(15-12-24-37-38(9,10)34(4,5)6)20-22-35(29,7)33(30)21-23-36(31,32)8/h12,15,26-33H,11,13-14,16-25H2,1-10H3/t27-,28?,29?,30+,31-,32+,33+,35+,36-/m1/s1. The van der Waals surface area contributed by atoms with Crippen molar-refractivity contribution < 1.29 is 4.43 Å². The lowest BCUT2D eigenvalue weighted by molar-refractivity contribution is -0.118. The monoisotopic (exact) mass is 542 g/mol. The van der Waals surface area contributed by atoms with Gasteiger partial charge in [0, 0.05) is 0 Å². The summed E-state index contributed by atoms with van der Waals surface area (Å²) in [4.78, 5) is 0. The first-order valence-electron chi connectivity index (χ1n) is 17.0. The van der Waals surface area contributed by atoms with Gasteiger partial charge in [-0.15, -0.1) is 0 Å². The molecule has 0 aromatic heterocycles. The molecular weight excluding hydrogens is 476 g/mol. The topological polar surface area (TPSA) is 9.23 Å². The molecule has 0 aromatic carbocycles. The van der Waals surface area contributed by atoms with E-state index in [0.717, 1.165) is 54.0 Å². The third kappa shape index (κ3) is 6.07. The van der Waals surface area contributed by atoms with Gasteiger partial charge in [0.1, 0.15) is 0 Å². The van der Waals surface area contributed by atoms with Crippen molar-refractivity contribution in [3.63, 3.8) is 0 Å². The normalized spacial score (nSPS) is 40.7. The van der Waals surface area contributed by atoms with E-state index in [4.69, 9.17) is 4.43 Å². The average Bonchev–Trinajstić information content (AvgIpc) is 3.18. The van der Waals surface area contributed by atoms with E-state index in [-0.39, 0.29) is 0 Å². The molecule has 0 aliphatic heterocycles. The molecule has 0 aromatic rings. The molecule has 0 spiro atoms. The molecule has 4 aliphatic carbocycles. The summed E-state index contributed by atoms with van der Waals surface area (Å²) >= 11 is 0. The zero-order valence-corrected chi connectivity index (χ0v) is 28.4. The van der Waals surface area contributed by atoms with E-state index in [2.05, 4.69) is 80.6 Å². The minimum atomic E-state index is -1.64. The Bertz CT molecular complexity index is 807. The molecule has 4 rings (SSSR count). The van der Waals surface area contributed by atoms with E-state index in [9.17, 15) is 0 Å². The molecule has 0 N–H and O–H groups in total. The summed E-state index contributed by atoms with van der Waals surface area (Å²) in [6, 6.07) is 0. The summed E-state index contributed by atoms with van der Waals surface area (Å²) in [6.07, 6.45) is 22.7. The van der Waals surface area contributed by atoms with Crippen LogP contribution in [-0.2, 0) is 4.43 Å². The highest BCUT2D eigenvalue weighted by Crippen LogP contribution is 2.68. The van der Waals surface area contributed by atoms with Crippen LogP contribution < -0.4 is 0 Å². The van der Waals surface area contributed by atoms with E-state index < -0.39 is 8.32 Å². The zero-order chi connectivity index (χ0) is 27.9. The van der Waals surface area contributed by atoms with Crippen LogP contribution in [0.2, 0.25) is 18.1 Å². The maximum absolute atomic E-state index is 6.44. The zero-order valence-electron chi connectivity index (χ0n) is 27.4. The smallest absolute Gasteiger partial charge is 0.192 e. The van der Waals surface area contributed by atoms with E-state index in [0.29, 0.717) is 15.9 Å². The summed E-state index contributed by atoms with van der Waals surface area (Å²) < 4.78 is 6.44. The predicted octanol–water partition coefficient (Wildman–Crippen LogP) is 11.3. The molecule has 9 atom stereocenters. The molecule has 0 saturated heterocycles. The second-order valence-corrected chi connectivity index (χ2v) is 22.0. The SMILES string of the molecule is CC(C)CCC[C@@H](C)[C@H]1CC[C@H]2[C@@H]3CCC4CC(C=CCO[Si](C)(C)C(C)(C)C)CC[C@]4(C)[C@H]3CC[C@]12C. The third-order valence-corrected chi connectivity index (χ3v) is 18.2. The molecule has 2 heteroatoms. The van der Waals surface area contributed by atoms with Gasteiger partial charge in [-0.3, -0.25) is 0 Å². The minimum Gasteiger partial charge on any atom is -0.413 e. The first-order chi connectivity index (χ1) is 17.7. The van der Waals surface area contributed by atoms with Crippen LogP contribution in [0.1, 0.15) is 132 Å². The fourth-order valence-corrected chi connectivity index (χ4v) is 11.2. The van der Waals surface area contributed by atoms with Crippen molar-refractivity contribution in [1.29, 1.82) is 0 Å². The van der Waals surface area contributed by atoms with Gasteiger partial charge < -0.3 is 4.43 Å². The Morgan fingerprint density at radius 1 is 0.868 bits per heavy atom. The Morgan fingerprint density at radius 2 is 1.55 bits per heavy atom. The Morgan fingerprint density at radius 3 is 2.24 bits per heavy atom. The van der Waals surface area contributed by atoms with Crippen LogP contribution in [0.15, 0.2) is 12.2 Å². The first-order valence-corrected chi connectivity index (χ1v) is 19.9. The van der Waals surface area contributed by atoms with E-state index in [1.165, 1.54) is 77.0 Å². The lowest BCUT2D eigenvalue weighted by Crippen LogP contribution is -2.53. The van der Waals surface area contributed by atoms with Crippen LogP contribution in [0.4, 0.5) is 0 Å². The van der Waals surface area contributed by atoms with E-state index in [1.807, 2.05) is 0 Å². The van der Waals surface area contributed by atoms with Crippen molar-refractivity contribution in [3.8, 4) is 0 Å². The van der Waals surface area contributed by atoms with Gasteiger partial charge in [-0.25, -0.2) is 0 Å². The number of allylic oxidation sites excluding steroid dienone is 1. The lowest BCUT2D eigenvalue weighted by Gasteiger charge is -2.61. The Kier molecular flexibility index (Phi) is 9.47. The van der Waals surface area contributed by atoms with Crippen molar-refractivity contribution in [2.24, 2.45) is 58.2 Å². The molecule has 0 radical (unpaired) electrons. The maximum Gasteiger partial charge on any atom is 0.192 e. The number of hydrogen-bond acceptors (Lipinski definition) is 1. The van der Waals surface area contributed by atoms with E-state index >= 15 is 0 Å². The number of hydrogen-bond donors (Lipinski definition) is 0. The van der Waals surface area contributed by atoms with Crippen LogP contribution in [0.5, 0.6) is 0 Å². The van der Waals surface area contributed by atoms with Crippen LogP contribution in [0.3, 0.4) is 0 Å². The second kappa shape index (κ2) is 11.7. The van der Waals surface area contributed by atoms with Gasteiger partial charge in [-0.05, 0) is 134 Å². The fraction of sp³-hybridized carbons (Fsp3) is 0.944. The van der Waals surface area contributed by atoms with Crippen LogP contribution in [0, 0.1) is 58.2 Å². The summed E-state index contributed by atoms with van der Waals surface area (Å²) in [5.74, 6) is 7.54. The van der Waals surface area contributed by atoms with Crippen LogP contribution in [-0.4, -0.2) is 14.9 Å². The van der Waals surface area contributed by atoms with Crippen molar-refractivity contribution >= 4 is 8.32 Å². The maximum atomic E-state index is 6.44. The molecule has 4 aliphatic rings. The van der Waals surface area contributed by atoms with Crippen LogP contribution >= 0.6 is 0 Å². The number of rotatable bonds is 9. The molecule has 0 amide bonds. The molecule has 0 bridgehead atoms. The molecule has 4 fully saturated rings. The van der Waals surface area contributed by atoms with Gasteiger partial charge in [0.2, 0.25) is 0 Å².